The third-order valence-corrected chi connectivity index (χ3v) is 5.14. The van der Waals surface area contributed by atoms with Crippen molar-refractivity contribution in [3.8, 4) is 0 Å². The fraction of sp³-hybridized carbons (Fsp3) is 0.316. The number of pyridine rings is 1. The zero-order valence-corrected chi connectivity index (χ0v) is 16.1. The number of rotatable bonds is 5. The summed E-state index contributed by atoms with van der Waals surface area (Å²) in [6, 6.07) is 5.49. The van der Waals surface area contributed by atoms with Gasteiger partial charge in [0.15, 0.2) is 0 Å². The minimum Gasteiger partial charge on any atom is -0.467 e. The van der Waals surface area contributed by atoms with Gasteiger partial charge in [-0.3, -0.25) is 14.5 Å². The molecular weight excluding hydrogens is 396 g/mol. The predicted octanol–water partition coefficient (Wildman–Crippen LogP) is 3.50. The van der Waals surface area contributed by atoms with Gasteiger partial charge in [0.25, 0.3) is 5.91 Å². The fourth-order valence-electron chi connectivity index (χ4n) is 3.51. The lowest BCUT2D eigenvalue weighted by atomic mass is 10.1. The summed E-state index contributed by atoms with van der Waals surface area (Å²) in [5.74, 6) is 0.654. The van der Waals surface area contributed by atoms with Crippen molar-refractivity contribution in [2.75, 3.05) is 0 Å². The van der Waals surface area contributed by atoms with Crippen LogP contribution in [-0.4, -0.2) is 25.6 Å². The number of furan rings is 1. The van der Waals surface area contributed by atoms with E-state index in [1.165, 1.54) is 11.3 Å². The Bertz CT molecular complexity index is 933. The molecule has 1 aliphatic rings. The number of aromatic nitrogens is 3. The number of aryl methyl sites for hydroxylation is 1. The molecule has 6 nitrogen and oxygen atoms in total. The molecule has 1 aliphatic carbocycles. The molecule has 3 heterocycles. The molecular formula is C19H19BrN4O2. The van der Waals surface area contributed by atoms with E-state index in [1.807, 2.05) is 23.9 Å². The van der Waals surface area contributed by atoms with Gasteiger partial charge in [-0.15, -0.1) is 0 Å². The second-order valence-electron chi connectivity index (χ2n) is 6.48. The quantitative estimate of drug-likeness (QED) is 0.640. The Kier molecular flexibility index (Phi) is 4.63. The van der Waals surface area contributed by atoms with Crippen LogP contribution in [0.1, 0.15) is 39.5 Å². The number of halogens is 1. The van der Waals surface area contributed by atoms with Crippen molar-refractivity contribution in [2.24, 2.45) is 7.05 Å². The smallest absolute Gasteiger partial charge is 0.256 e. The SMILES string of the molecule is Cn1nc(CN(Cc2ccco2)C(=O)c2cncc(Br)c2)c2c1CCC2. The highest BCUT2D eigenvalue weighted by Crippen LogP contribution is 2.26. The molecule has 0 bridgehead atoms. The molecule has 0 N–H and O–H groups in total. The maximum absolute atomic E-state index is 13.1. The average molecular weight is 415 g/mol. The molecule has 0 aromatic carbocycles. The van der Waals surface area contributed by atoms with Gasteiger partial charge < -0.3 is 9.32 Å². The third-order valence-electron chi connectivity index (χ3n) is 4.70. The van der Waals surface area contributed by atoms with Gasteiger partial charge >= 0.3 is 0 Å². The van der Waals surface area contributed by atoms with Gasteiger partial charge in [0, 0.05) is 29.6 Å². The van der Waals surface area contributed by atoms with Gasteiger partial charge in [-0.2, -0.15) is 5.10 Å². The van der Waals surface area contributed by atoms with Crippen LogP contribution in [-0.2, 0) is 33.0 Å². The summed E-state index contributed by atoms with van der Waals surface area (Å²) in [4.78, 5) is 19.0. The topological polar surface area (TPSA) is 64.2 Å². The van der Waals surface area contributed by atoms with E-state index in [0.717, 1.165) is 35.2 Å². The van der Waals surface area contributed by atoms with Gasteiger partial charge in [-0.05, 0) is 59.0 Å². The van der Waals surface area contributed by atoms with Crippen LogP contribution >= 0.6 is 15.9 Å². The van der Waals surface area contributed by atoms with E-state index in [4.69, 9.17) is 4.42 Å². The van der Waals surface area contributed by atoms with Crippen molar-refractivity contribution in [3.63, 3.8) is 0 Å². The number of hydrogen-bond acceptors (Lipinski definition) is 4. The first-order chi connectivity index (χ1) is 12.6. The highest BCUT2D eigenvalue weighted by atomic mass is 79.9. The molecule has 0 atom stereocenters. The molecule has 3 aromatic heterocycles. The minimum atomic E-state index is -0.0902. The molecule has 0 aliphatic heterocycles. The van der Waals surface area contributed by atoms with Crippen LogP contribution < -0.4 is 0 Å². The first kappa shape index (κ1) is 17.0. The summed E-state index contributed by atoms with van der Waals surface area (Å²) in [6.45, 7) is 0.846. The summed E-state index contributed by atoms with van der Waals surface area (Å²) in [5.41, 5.74) is 4.09. The van der Waals surface area contributed by atoms with Gasteiger partial charge in [-0.25, -0.2) is 0 Å². The van der Waals surface area contributed by atoms with Gasteiger partial charge in [0.05, 0.1) is 30.6 Å². The molecule has 0 spiro atoms. The number of fused-ring (bicyclic) bond motifs is 1. The molecule has 0 saturated carbocycles. The summed E-state index contributed by atoms with van der Waals surface area (Å²) < 4.78 is 8.19. The number of carbonyl (C=O) groups is 1. The van der Waals surface area contributed by atoms with Crippen LogP contribution in [0.3, 0.4) is 0 Å². The van der Waals surface area contributed by atoms with E-state index in [1.54, 1.807) is 29.6 Å². The number of carbonyl (C=O) groups excluding carboxylic acids is 1. The average Bonchev–Trinajstić information content (AvgIpc) is 3.35. The monoisotopic (exact) mass is 414 g/mol. The zero-order chi connectivity index (χ0) is 18.1. The largest absolute Gasteiger partial charge is 0.467 e. The summed E-state index contributed by atoms with van der Waals surface area (Å²) in [5, 5.41) is 4.66. The van der Waals surface area contributed by atoms with E-state index in [2.05, 4.69) is 26.0 Å². The fourth-order valence-corrected chi connectivity index (χ4v) is 3.87. The standard InChI is InChI=1S/C19H19BrN4O2/c1-23-18-6-2-5-16(18)17(22-23)12-24(11-15-4-3-7-26-15)19(25)13-8-14(20)10-21-9-13/h3-4,7-10H,2,5-6,11-12H2,1H3. The van der Waals surface area contributed by atoms with Crippen LogP contribution in [0.5, 0.6) is 0 Å². The molecule has 4 rings (SSSR count). The van der Waals surface area contributed by atoms with Crippen LogP contribution in [0.2, 0.25) is 0 Å². The maximum atomic E-state index is 13.1. The Labute approximate surface area is 160 Å². The maximum Gasteiger partial charge on any atom is 0.256 e. The highest BCUT2D eigenvalue weighted by molar-refractivity contribution is 9.10. The second-order valence-corrected chi connectivity index (χ2v) is 7.40. The Balaban J connectivity index is 1.65. The Hall–Kier alpha value is -2.41. The summed E-state index contributed by atoms with van der Waals surface area (Å²) >= 11 is 3.38. The van der Waals surface area contributed by atoms with Crippen molar-refractivity contribution in [1.29, 1.82) is 0 Å². The van der Waals surface area contributed by atoms with Crippen LogP contribution in [0.15, 0.2) is 45.7 Å². The first-order valence-corrected chi connectivity index (χ1v) is 9.37. The molecule has 7 heteroatoms. The summed E-state index contributed by atoms with van der Waals surface area (Å²) in [7, 11) is 1.98. The Morgan fingerprint density at radius 2 is 2.23 bits per heavy atom. The van der Waals surface area contributed by atoms with Crippen molar-refractivity contribution >= 4 is 21.8 Å². The Morgan fingerprint density at radius 3 is 3.00 bits per heavy atom. The normalized spacial score (nSPS) is 13.0. The number of hydrogen-bond donors (Lipinski definition) is 0. The van der Waals surface area contributed by atoms with Crippen molar-refractivity contribution in [3.05, 3.63) is 69.6 Å². The predicted molar refractivity (Wildman–Crippen MR) is 99.5 cm³/mol. The van der Waals surface area contributed by atoms with E-state index < -0.39 is 0 Å². The van der Waals surface area contributed by atoms with Gasteiger partial charge in [0.1, 0.15) is 5.76 Å². The third kappa shape index (κ3) is 3.31. The van der Waals surface area contributed by atoms with Gasteiger partial charge in [0.2, 0.25) is 0 Å². The van der Waals surface area contributed by atoms with E-state index in [-0.39, 0.29) is 5.91 Å². The molecule has 26 heavy (non-hydrogen) atoms. The lowest BCUT2D eigenvalue weighted by Gasteiger charge is -2.21. The van der Waals surface area contributed by atoms with Crippen LogP contribution in [0.25, 0.3) is 0 Å². The van der Waals surface area contributed by atoms with Crippen LogP contribution in [0.4, 0.5) is 0 Å². The lowest BCUT2D eigenvalue weighted by Crippen LogP contribution is -2.30. The van der Waals surface area contributed by atoms with E-state index in [9.17, 15) is 4.79 Å². The van der Waals surface area contributed by atoms with Crippen molar-refractivity contribution < 1.29 is 9.21 Å². The molecule has 0 unspecified atom stereocenters. The molecule has 134 valence electrons. The van der Waals surface area contributed by atoms with Crippen LogP contribution in [0, 0.1) is 0 Å². The second kappa shape index (κ2) is 7.07. The van der Waals surface area contributed by atoms with Gasteiger partial charge in [-0.1, -0.05) is 0 Å². The van der Waals surface area contributed by atoms with E-state index in [0.29, 0.717) is 18.7 Å². The van der Waals surface area contributed by atoms with E-state index >= 15 is 0 Å². The molecule has 0 saturated heterocycles. The molecule has 3 aromatic rings. The number of amides is 1. The van der Waals surface area contributed by atoms with Crippen molar-refractivity contribution in [2.45, 2.75) is 32.4 Å². The first-order valence-electron chi connectivity index (χ1n) is 8.57. The summed E-state index contributed by atoms with van der Waals surface area (Å²) in [6.07, 6.45) is 8.11. The highest BCUT2D eigenvalue weighted by Gasteiger charge is 2.25. The Morgan fingerprint density at radius 1 is 1.35 bits per heavy atom. The van der Waals surface area contributed by atoms with Crippen molar-refractivity contribution in [1.82, 2.24) is 19.7 Å². The number of nitrogens with zero attached hydrogens (tertiary/aromatic N) is 4. The molecule has 0 fully saturated rings. The molecule has 1 amide bonds. The lowest BCUT2D eigenvalue weighted by molar-refractivity contribution is 0.0714. The minimum absolute atomic E-state index is 0.0902. The zero-order valence-electron chi connectivity index (χ0n) is 14.5. The molecule has 0 radical (unpaired) electrons.